The van der Waals surface area contributed by atoms with E-state index in [1.807, 2.05) is 69.3 Å². The fourth-order valence-corrected chi connectivity index (χ4v) is 10.3. The van der Waals surface area contributed by atoms with E-state index in [1.165, 1.54) is 9.80 Å². The number of sulfonamides is 1. The molecule has 0 bridgehead atoms. The van der Waals surface area contributed by atoms with E-state index in [4.69, 9.17) is 14.5 Å². The summed E-state index contributed by atoms with van der Waals surface area (Å²) in [5.41, 5.74) is 0.0438. The monoisotopic (exact) mass is 855 g/mol. The molecule has 0 unspecified atom stereocenters. The molecule has 2 saturated heterocycles. The summed E-state index contributed by atoms with van der Waals surface area (Å²) in [5.74, 6) is -2.27. The van der Waals surface area contributed by atoms with Crippen LogP contribution in [0, 0.1) is 22.7 Å². The minimum Gasteiger partial charge on any atom is -0.497 e. The molecule has 14 nitrogen and oxygen atoms in total. The second-order valence-electron chi connectivity index (χ2n) is 18.4. The van der Waals surface area contributed by atoms with E-state index in [-0.39, 0.29) is 44.0 Å². The second kappa shape index (κ2) is 16.9. The number of likely N-dealkylation sites (tertiary alicyclic amines) is 2. The molecule has 2 aliphatic carbocycles. The number of hydrogen-bond donors (Lipinski definition) is 1. The topological polar surface area (TPSA) is 173 Å². The number of Topliss-reactive ketones (excluding diaryl/α,β-unsaturated/α-hetero) is 1. The van der Waals surface area contributed by atoms with Crippen LogP contribution in [0.1, 0.15) is 72.1 Å². The zero-order chi connectivity index (χ0) is 44.0. The van der Waals surface area contributed by atoms with Gasteiger partial charge < -0.3 is 24.2 Å². The van der Waals surface area contributed by atoms with E-state index >= 15 is 4.79 Å². The third kappa shape index (κ3) is 9.03. The van der Waals surface area contributed by atoms with Gasteiger partial charge in [0.2, 0.25) is 33.7 Å². The van der Waals surface area contributed by atoms with E-state index in [0.717, 1.165) is 5.56 Å². The Bertz CT molecular complexity index is 2340. The lowest BCUT2D eigenvalue weighted by Crippen LogP contribution is -2.50. The summed E-state index contributed by atoms with van der Waals surface area (Å²) in [4.78, 5) is 80.2. The van der Waals surface area contributed by atoms with E-state index in [1.54, 1.807) is 38.2 Å². The fourth-order valence-electron chi connectivity index (χ4n) is 8.95. The first-order chi connectivity index (χ1) is 28.9. The molecule has 2 saturated carbocycles. The van der Waals surface area contributed by atoms with Crippen LogP contribution in [0.15, 0.2) is 67.3 Å². The van der Waals surface area contributed by atoms with Gasteiger partial charge in [0, 0.05) is 63.0 Å². The minimum atomic E-state index is -3.89. The molecule has 2 aliphatic heterocycles. The van der Waals surface area contributed by atoms with Gasteiger partial charge in [-0.05, 0) is 55.6 Å². The molecule has 6 atom stereocenters. The van der Waals surface area contributed by atoms with Crippen LogP contribution < -0.4 is 14.2 Å². The number of nitrogens with zero attached hydrogens (tertiary/aromatic N) is 4. The maximum absolute atomic E-state index is 15.1. The number of carbonyl (C=O) groups is 5. The number of likely N-dealkylation sites (N-methyl/N-ethyl adjacent to an activating group) is 1. The zero-order valence-electron chi connectivity index (χ0n) is 35.9. The largest absolute Gasteiger partial charge is 0.497 e. The standard InChI is InChI=1S/C46H57N5O9S/c1-8-29-25-46(29,44(56)48-61(57,58)32-17-18-32)26-39(52)38-22-31(60-40-24-35(28-13-10-9-11-14-28)47-36-21-30(59-7)16-19-33(36)40)27-51(38)42(54)34(45(2,3)4)23-41(53)50-20-12-15-37(50)43(55)49(5)6/h8-11,13-14,16,19,21,24,29,31-32,34,37-38H,1,12,15,17-18,20,22-23,25-27H2,2-7H3,(H,48,56)/t29-,31-,34-,37+,38+,46-/m1/s1. The van der Waals surface area contributed by atoms with Crippen molar-refractivity contribution in [2.45, 2.75) is 95.6 Å². The molecule has 0 radical (unpaired) electrons. The van der Waals surface area contributed by atoms with E-state index < -0.39 is 73.7 Å². The van der Waals surface area contributed by atoms with Gasteiger partial charge in [-0.1, -0.05) is 57.2 Å². The first-order valence-corrected chi connectivity index (χ1v) is 22.6. The number of benzene rings is 2. The molecular formula is C46H57N5O9S. The summed E-state index contributed by atoms with van der Waals surface area (Å²) in [7, 11) is 0.988. The molecule has 3 heterocycles. The third-order valence-electron chi connectivity index (χ3n) is 12.8. The predicted molar refractivity (Wildman–Crippen MR) is 230 cm³/mol. The zero-order valence-corrected chi connectivity index (χ0v) is 36.7. The molecule has 7 rings (SSSR count). The molecule has 3 aromatic rings. The number of ketones is 1. The Morgan fingerprint density at radius 3 is 2.36 bits per heavy atom. The third-order valence-corrected chi connectivity index (χ3v) is 14.7. The van der Waals surface area contributed by atoms with Gasteiger partial charge in [0.15, 0.2) is 5.78 Å². The summed E-state index contributed by atoms with van der Waals surface area (Å²) in [5, 5.41) is 0.0608. The van der Waals surface area contributed by atoms with Crippen molar-refractivity contribution in [2.75, 3.05) is 34.3 Å². The number of amides is 4. The number of methoxy groups -OCH3 is 1. The molecule has 1 N–H and O–H groups in total. The molecule has 4 aliphatic rings. The van der Waals surface area contributed by atoms with Crippen LogP contribution in [0.5, 0.6) is 11.5 Å². The van der Waals surface area contributed by atoms with Crippen molar-refractivity contribution in [3.05, 3.63) is 67.3 Å². The summed E-state index contributed by atoms with van der Waals surface area (Å²) < 4.78 is 40.3. The number of fused-ring (bicyclic) bond motifs is 1. The maximum atomic E-state index is 15.1. The summed E-state index contributed by atoms with van der Waals surface area (Å²) >= 11 is 0. The summed E-state index contributed by atoms with van der Waals surface area (Å²) in [6.45, 7) is 9.87. The molecular weight excluding hydrogens is 799 g/mol. The number of aromatic nitrogens is 1. The predicted octanol–water partition coefficient (Wildman–Crippen LogP) is 5.15. The van der Waals surface area contributed by atoms with Crippen LogP contribution in [0.25, 0.3) is 22.2 Å². The Hall–Kier alpha value is -5.31. The van der Waals surface area contributed by atoms with E-state index in [9.17, 15) is 27.6 Å². The van der Waals surface area contributed by atoms with Gasteiger partial charge in [-0.25, -0.2) is 13.4 Å². The number of ether oxygens (including phenoxy) is 2. The number of hydrogen-bond acceptors (Lipinski definition) is 10. The van der Waals surface area contributed by atoms with Crippen LogP contribution in [0.2, 0.25) is 0 Å². The van der Waals surface area contributed by atoms with E-state index in [2.05, 4.69) is 11.3 Å². The van der Waals surface area contributed by atoms with Gasteiger partial charge in [-0.15, -0.1) is 6.58 Å². The van der Waals surface area contributed by atoms with Crippen molar-refractivity contribution < 1.29 is 41.9 Å². The Morgan fingerprint density at radius 1 is 1.02 bits per heavy atom. The molecule has 15 heteroatoms. The molecule has 4 amide bonds. The smallest absolute Gasteiger partial charge is 0.244 e. The number of allylic oxidation sites excluding steroid dienone is 1. The van der Waals surface area contributed by atoms with Crippen molar-refractivity contribution in [1.82, 2.24) is 24.4 Å². The Labute approximate surface area is 358 Å². The first kappa shape index (κ1) is 43.8. The summed E-state index contributed by atoms with van der Waals surface area (Å²) in [6.07, 6.45) is 2.84. The number of pyridine rings is 1. The number of rotatable bonds is 15. The van der Waals surface area contributed by atoms with E-state index in [0.29, 0.717) is 60.3 Å². The van der Waals surface area contributed by atoms with Crippen molar-refractivity contribution in [3.63, 3.8) is 0 Å². The lowest BCUT2D eigenvalue weighted by molar-refractivity contribution is -0.150. The van der Waals surface area contributed by atoms with Crippen LogP contribution >= 0.6 is 0 Å². The van der Waals surface area contributed by atoms with Crippen molar-refractivity contribution >= 4 is 50.3 Å². The Kier molecular flexibility index (Phi) is 12.1. The van der Waals surface area contributed by atoms with Gasteiger partial charge in [-0.3, -0.25) is 28.7 Å². The average Bonchev–Trinajstić information content (AvgIpc) is 4.11. The quantitative estimate of drug-likeness (QED) is 0.202. The number of nitrogens with one attached hydrogen (secondary N) is 1. The molecule has 2 aromatic carbocycles. The SMILES string of the molecule is C=C[C@@H]1C[C@]1(CC(=O)[C@@H]1C[C@@H](Oc2cc(-c3ccccc3)nc3cc(OC)ccc23)CN1C(=O)[C@@H](CC(=O)N1CCC[C@H]1C(=O)N(C)C)C(C)(C)C)C(=O)NS(=O)(=O)C1CC1. The highest BCUT2D eigenvalue weighted by Gasteiger charge is 2.61. The molecule has 1 aromatic heterocycles. The lowest BCUT2D eigenvalue weighted by Gasteiger charge is -2.36. The van der Waals surface area contributed by atoms with Crippen molar-refractivity contribution in [1.29, 1.82) is 0 Å². The van der Waals surface area contributed by atoms with Gasteiger partial charge in [0.25, 0.3) is 0 Å². The van der Waals surface area contributed by atoms with Crippen LogP contribution in [-0.4, -0.2) is 115 Å². The highest BCUT2D eigenvalue weighted by molar-refractivity contribution is 7.90. The van der Waals surface area contributed by atoms with Gasteiger partial charge in [0.1, 0.15) is 23.6 Å². The Morgan fingerprint density at radius 2 is 1.74 bits per heavy atom. The van der Waals surface area contributed by atoms with Gasteiger partial charge in [0.05, 0.1) is 47.5 Å². The van der Waals surface area contributed by atoms with Crippen LogP contribution in [0.4, 0.5) is 0 Å². The molecule has 4 fully saturated rings. The minimum absolute atomic E-state index is 0.00223. The second-order valence-corrected chi connectivity index (χ2v) is 20.3. The van der Waals surface area contributed by atoms with Gasteiger partial charge >= 0.3 is 0 Å². The summed E-state index contributed by atoms with van der Waals surface area (Å²) in [6, 6.07) is 15.2. The maximum Gasteiger partial charge on any atom is 0.244 e. The first-order valence-electron chi connectivity index (χ1n) is 21.1. The molecule has 0 spiro atoms. The van der Waals surface area contributed by atoms with Crippen LogP contribution in [-0.2, 0) is 34.0 Å². The fraction of sp³-hybridized carbons (Fsp3) is 0.522. The highest BCUT2D eigenvalue weighted by Crippen LogP contribution is 2.57. The Balaban J connectivity index is 1.22. The molecule has 61 heavy (non-hydrogen) atoms. The molecule has 326 valence electrons. The highest BCUT2D eigenvalue weighted by atomic mass is 32.2. The van der Waals surface area contributed by atoms with Crippen molar-refractivity contribution in [3.8, 4) is 22.8 Å². The average molecular weight is 856 g/mol. The lowest BCUT2D eigenvalue weighted by atomic mass is 9.77. The van der Waals surface area contributed by atoms with Crippen LogP contribution in [0.3, 0.4) is 0 Å². The van der Waals surface area contributed by atoms with Gasteiger partial charge in [-0.2, -0.15) is 0 Å². The van der Waals surface area contributed by atoms with Crippen molar-refractivity contribution in [2.24, 2.45) is 22.7 Å². The normalized spacial score (nSPS) is 24.2. The number of carbonyl (C=O) groups excluding carboxylic acids is 5.